The molecule has 5 nitrogen and oxygen atoms in total. The molecule has 3 aromatic carbocycles. The topological polar surface area (TPSA) is 66.5 Å². The van der Waals surface area contributed by atoms with Gasteiger partial charge in [0.05, 0.1) is 5.92 Å². The van der Waals surface area contributed by atoms with Crippen molar-refractivity contribution >= 4 is 17.6 Å². The highest BCUT2D eigenvalue weighted by molar-refractivity contribution is 6.07. The molecule has 0 spiro atoms. The Bertz CT molecular complexity index is 1220. The number of benzene rings is 3. The van der Waals surface area contributed by atoms with Gasteiger partial charge in [-0.1, -0.05) is 91.7 Å². The third kappa shape index (κ3) is 4.97. The van der Waals surface area contributed by atoms with Crippen LogP contribution in [0.5, 0.6) is 0 Å². The van der Waals surface area contributed by atoms with Crippen molar-refractivity contribution in [1.82, 2.24) is 10.2 Å². The SMILES string of the molecule is O=C(NCCc1ccccc1)[C@@H]1c2ccccc2C(=O)N(C2CCCC2)[C@H]1C(=O)Cc1ccccc1. The molecule has 0 saturated heterocycles. The molecule has 0 bridgehead atoms. The molecule has 0 unspecified atom stereocenters. The number of nitrogens with one attached hydrogen (secondary N) is 1. The van der Waals surface area contributed by atoms with Crippen LogP contribution in [-0.2, 0) is 22.4 Å². The average molecular weight is 481 g/mol. The van der Waals surface area contributed by atoms with Gasteiger partial charge in [0.1, 0.15) is 6.04 Å². The van der Waals surface area contributed by atoms with Crippen molar-refractivity contribution in [2.24, 2.45) is 0 Å². The van der Waals surface area contributed by atoms with E-state index in [-0.39, 0.29) is 30.1 Å². The summed E-state index contributed by atoms with van der Waals surface area (Å²) in [6.45, 7) is 0.471. The predicted molar refractivity (Wildman–Crippen MR) is 140 cm³/mol. The Morgan fingerprint density at radius 1 is 0.806 bits per heavy atom. The largest absolute Gasteiger partial charge is 0.355 e. The van der Waals surface area contributed by atoms with Crippen molar-refractivity contribution < 1.29 is 14.4 Å². The van der Waals surface area contributed by atoms with E-state index in [1.807, 2.05) is 78.9 Å². The number of nitrogens with zero attached hydrogens (tertiary/aromatic N) is 1. The normalized spacial score (nSPS) is 19.7. The molecule has 5 rings (SSSR count). The lowest BCUT2D eigenvalue weighted by molar-refractivity contribution is -0.132. The number of carbonyl (C=O) groups excluding carboxylic acids is 3. The van der Waals surface area contributed by atoms with E-state index in [9.17, 15) is 14.4 Å². The molecule has 0 aromatic heterocycles. The highest BCUT2D eigenvalue weighted by atomic mass is 16.2. The number of ketones is 1. The van der Waals surface area contributed by atoms with E-state index in [0.717, 1.165) is 36.8 Å². The minimum Gasteiger partial charge on any atom is -0.355 e. The fourth-order valence-corrected chi connectivity index (χ4v) is 5.75. The Morgan fingerprint density at radius 3 is 2.11 bits per heavy atom. The minimum atomic E-state index is -0.813. The summed E-state index contributed by atoms with van der Waals surface area (Å²) in [6.07, 6.45) is 4.69. The molecule has 2 amide bonds. The third-order valence-electron chi connectivity index (χ3n) is 7.48. The van der Waals surface area contributed by atoms with Gasteiger partial charge < -0.3 is 10.2 Å². The summed E-state index contributed by atoms with van der Waals surface area (Å²) < 4.78 is 0. The molecular weight excluding hydrogens is 448 g/mol. The minimum absolute atomic E-state index is 0.0183. The quantitative estimate of drug-likeness (QED) is 0.508. The first-order valence-electron chi connectivity index (χ1n) is 12.9. The fourth-order valence-electron chi connectivity index (χ4n) is 5.75. The van der Waals surface area contributed by atoms with E-state index in [0.29, 0.717) is 24.1 Å². The molecule has 1 fully saturated rings. The van der Waals surface area contributed by atoms with E-state index >= 15 is 0 Å². The van der Waals surface area contributed by atoms with E-state index in [1.54, 1.807) is 11.0 Å². The molecule has 1 saturated carbocycles. The lowest BCUT2D eigenvalue weighted by atomic mass is 9.78. The highest BCUT2D eigenvalue weighted by Crippen LogP contribution is 2.39. The molecular formula is C31H32N2O3. The van der Waals surface area contributed by atoms with Gasteiger partial charge in [-0.05, 0) is 42.0 Å². The van der Waals surface area contributed by atoms with Gasteiger partial charge in [0.25, 0.3) is 5.91 Å². The molecule has 2 atom stereocenters. The van der Waals surface area contributed by atoms with Crippen molar-refractivity contribution in [3.05, 3.63) is 107 Å². The van der Waals surface area contributed by atoms with Crippen LogP contribution in [0.1, 0.15) is 58.6 Å². The predicted octanol–water partition coefficient (Wildman–Crippen LogP) is 4.71. The van der Waals surface area contributed by atoms with Crippen LogP contribution >= 0.6 is 0 Å². The maximum atomic E-state index is 13.9. The zero-order chi connectivity index (χ0) is 24.9. The second-order valence-corrected chi connectivity index (χ2v) is 9.82. The summed E-state index contributed by atoms with van der Waals surface area (Å²) in [7, 11) is 0. The van der Waals surface area contributed by atoms with Crippen LogP contribution in [-0.4, -0.2) is 41.1 Å². The van der Waals surface area contributed by atoms with E-state index in [1.165, 1.54) is 0 Å². The number of hydrogen-bond donors (Lipinski definition) is 1. The maximum Gasteiger partial charge on any atom is 0.255 e. The first-order valence-corrected chi connectivity index (χ1v) is 12.9. The van der Waals surface area contributed by atoms with Gasteiger partial charge in [0.15, 0.2) is 5.78 Å². The van der Waals surface area contributed by atoms with Gasteiger partial charge in [-0.2, -0.15) is 0 Å². The highest BCUT2D eigenvalue weighted by Gasteiger charge is 2.49. The molecule has 1 N–H and O–H groups in total. The Balaban J connectivity index is 1.48. The van der Waals surface area contributed by atoms with Gasteiger partial charge in [-0.25, -0.2) is 0 Å². The van der Waals surface area contributed by atoms with Crippen molar-refractivity contribution in [2.75, 3.05) is 6.54 Å². The zero-order valence-electron chi connectivity index (χ0n) is 20.4. The first kappa shape index (κ1) is 24.0. The van der Waals surface area contributed by atoms with Crippen LogP contribution < -0.4 is 5.32 Å². The standard InChI is InChI=1S/C31H32N2O3/c34-27(21-23-13-5-2-6-14-23)29-28(30(35)32-20-19-22-11-3-1-4-12-22)25-17-9-10-18-26(25)31(36)33(29)24-15-7-8-16-24/h1-6,9-14,17-18,24,28-29H,7-8,15-16,19-21H2,(H,32,35)/t28-,29+/m1/s1. The van der Waals surface area contributed by atoms with Crippen molar-refractivity contribution in [3.63, 3.8) is 0 Å². The number of carbonyl (C=O) groups is 3. The van der Waals surface area contributed by atoms with Gasteiger partial charge in [-0.3, -0.25) is 14.4 Å². The van der Waals surface area contributed by atoms with Crippen molar-refractivity contribution in [1.29, 1.82) is 0 Å². The van der Waals surface area contributed by atoms with Crippen LogP contribution in [0.15, 0.2) is 84.9 Å². The number of fused-ring (bicyclic) bond motifs is 1. The second-order valence-electron chi connectivity index (χ2n) is 9.82. The molecule has 36 heavy (non-hydrogen) atoms. The summed E-state index contributed by atoms with van der Waals surface area (Å²) in [6, 6.07) is 26.1. The van der Waals surface area contributed by atoms with Gasteiger partial charge >= 0.3 is 0 Å². The van der Waals surface area contributed by atoms with Crippen molar-refractivity contribution in [3.8, 4) is 0 Å². The number of amides is 2. The van der Waals surface area contributed by atoms with Crippen LogP contribution in [0, 0.1) is 0 Å². The van der Waals surface area contributed by atoms with E-state index in [4.69, 9.17) is 0 Å². The van der Waals surface area contributed by atoms with Gasteiger partial charge in [0.2, 0.25) is 5.91 Å². The number of rotatable bonds is 8. The molecule has 3 aromatic rings. The zero-order valence-corrected chi connectivity index (χ0v) is 20.4. The van der Waals surface area contributed by atoms with Crippen LogP contribution in [0.25, 0.3) is 0 Å². The lowest BCUT2D eigenvalue weighted by Crippen LogP contribution is -2.59. The summed E-state index contributed by atoms with van der Waals surface area (Å²) in [4.78, 5) is 43.3. The third-order valence-corrected chi connectivity index (χ3v) is 7.48. The number of Topliss-reactive ketones (excluding diaryl/α,β-unsaturated/α-hetero) is 1. The number of hydrogen-bond acceptors (Lipinski definition) is 3. The van der Waals surface area contributed by atoms with E-state index in [2.05, 4.69) is 5.32 Å². The molecule has 184 valence electrons. The monoisotopic (exact) mass is 480 g/mol. The smallest absolute Gasteiger partial charge is 0.255 e. The molecule has 2 aliphatic rings. The molecule has 1 heterocycles. The summed E-state index contributed by atoms with van der Waals surface area (Å²) in [5.41, 5.74) is 3.22. The Morgan fingerprint density at radius 2 is 1.42 bits per heavy atom. The Labute approximate surface area is 212 Å². The summed E-state index contributed by atoms with van der Waals surface area (Å²) in [5, 5.41) is 3.09. The second kappa shape index (κ2) is 10.9. The summed E-state index contributed by atoms with van der Waals surface area (Å²) >= 11 is 0. The van der Waals surface area contributed by atoms with Crippen LogP contribution in [0.2, 0.25) is 0 Å². The van der Waals surface area contributed by atoms with Gasteiger partial charge in [0, 0.05) is 24.6 Å². The van der Waals surface area contributed by atoms with Crippen LogP contribution in [0.3, 0.4) is 0 Å². The van der Waals surface area contributed by atoms with Gasteiger partial charge in [-0.15, -0.1) is 0 Å². The molecule has 1 aliphatic heterocycles. The average Bonchev–Trinajstić information content (AvgIpc) is 3.44. The Kier molecular flexibility index (Phi) is 7.26. The molecule has 0 radical (unpaired) electrons. The maximum absolute atomic E-state index is 13.9. The summed E-state index contributed by atoms with van der Waals surface area (Å²) in [5.74, 6) is -1.14. The Hall–Kier alpha value is -3.73. The fraction of sp³-hybridized carbons (Fsp3) is 0.323. The molecule has 5 heteroatoms. The van der Waals surface area contributed by atoms with Crippen LogP contribution in [0.4, 0.5) is 0 Å². The van der Waals surface area contributed by atoms with E-state index < -0.39 is 12.0 Å². The first-order chi connectivity index (χ1) is 17.6. The lowest BCUT2D eigenvalue weighted by Gasteiger charge is -2.43. The van der Waals surface area contributed by atoms with Crippen molar-refractivity contribution in [2.45, 2.75) is 56.5 Å². The molecule has 1 aliphatic carbocycles.